The van der Waals surface area contributed by atoms with Crippen LogP contribution >= 0.6 is 11.3 Å². The molecule has 108 valence electrons. The Bertz CT molecular complexity index is 351. The van der Waals surface area contributed by atoms with Gasteiger partial charge in [0.2, 0.25) is 0 Å². The van der Waals surface area contributed by atoms with Gasteiger partial charge in [-0.1, -0.05) is 19.9 Å². The minimum Gasteiger partial charge on any atom is -0.306 e. The van der Waals surface area contributed by atoms with E-state index in [1.807, 2.05) is 11.3 Å². The van der Waals surface area contributed by atoms with Crippen molar-refractivity contribution in [1.82, 2.24) is 10.2 Å². The predicted octanol–water partition coefficient (Wildman–Crippen LogP) is 3.91. The van der Waals surface area contributed by atoms with E-state index in [1.165, 1.54) is 30.8 Å². The first-order chi connectivity index (χ1) is 9.08. The second-order valence-electron chi connectivity index (χ2n) is 6.31. The zero-order valence-corrected chi connectivity index (χ0v) is 13.5. The number of hydrogen-bond donors (Lipinski definition) is 1. The summed E-state index contributed by atoms with van der Waals surface area (Å²) in [6.45, 7) is 11.7. The van der Waals surface area contributed by atoms with Crippen molar-refractivity contribution in [3.05, 3.63) is 22.4 Å². The van der Waals surface area contributed by atoms with Crippen LogP contribution in [0.2, 0.25) is 0 Å². The Kier molecular flexibility index (Phi) is 5.43. The van der Waals surface area contributed by atoms with Crippen molar-refractivity contribution in [2.45, 2.75) is 58.7 Å². The minimum absolute atomic E-state index is 0.524. The highest BCUT2D eigenvalue weighted by Gasteiger charge is 2.25. The number of hydrogen-bond acceptors (Lipinski definition) is 3. The summed E-state index contributed by atoms with van der Waals surface area (Å²) in [5, 5.41) is 6.09. The van der Waals surface area contributed by atoms with Gasteiger partial charge in [0.15, 0.2) is 0 Å². The number of thiophene rings is 1. The van der Waals surface area contributed by atoms with Crippen LogP contribution in [-0.4, -0.2) is 30.1 Å². The van der Waals surface area contributed by atoms with E-state index in [1.54, 1.807) is 0 Å². The molecule has 0 radical (unpaired) electrons. The Balaban J connectivity index is 1.89. The van der Waals surface area contributed by atoms with Gasteiger partial charge in [0.05, 0.1) is 0 Å². The molecule has 2 nitrogen and oxygen atoms in total. The summed E-state index contributed by atoms with van der Waals surface area (Å²) in [5.74, 6) is 0.654. The lowest BCUT2D eigenvalue weighted by Crippen LogP contribution is -2.46. The highest BCUT2D eigenvalue weighted by molar-refractivity contribution is 7.10. The first-order valence-electron chi connectivity index (χ1n) is 7.61. The second-order valence-corrected chi connectivity index (χ2v) is 7.29. The first-order valence-corrected chi connectivity index (χ1v) is 8.49. The fourth-order valence-corrected chi connectivity index (χ4v) is 3.87. The van der Waals surface area contributed by atoms with Crippen LogP contribution in [0.15, 0.2) is 17.5 Å². The van der Waals surface area contributed by atoms with Crippen LogP contribution in [0.3, 0.4) is 0 Å². The molecule has 2 heterocycles. The zero-order valence-electron chi connectivity index (χ0n) is 12.7. The Morgan fingerprint density at radius 1 is 1.21 bits per heavy atom. The molecule has 1 saturated heterocycles. The summed E-state index contributed by atoms with van der Waals surface area (Å²) < 4.78 is 0. The molecule has 0 bridgehead atoms. The fraction of sp³-hybridized carbons (Fsp3) is 0.750. The summed E-state index contributed by atoms with van der Waals surface area (Å²) in [6.07, 6.45) is 2.57. The SMILES string of the molecule is CC(C)C(NC1CCN(C(C)C)CC1)c1cccs1. The average molecular weight is 280 g/mol. The van der Waals surface area contributed by atoms with E-state index < -0.39 is 0 Å². The van der Waals surface area contributed by atoms with Crippen molar-refractivity contribution in [3.63, 3.8) is 0 Å². The molecular formula is C16H28N2S. The third-order valence-corrected chi connectivity index (χ3v) is 5.15. The van der Waals surface area contributed by atoms with E-state index in [0.29, 0.717) is 24.0 Å². The van der Waals surface area contributed by atoms with Crippen molar-refractivity contribution < 1.29 is 0 Å². The van der Waals surface area contributed by atoms with Crippen LogP contribution in [-0.2, 0) is 0 Å². The fourth-order valence-electron chi connectivity index (χ4n) is 2.91. The third kappa shape index (κ3) is 4.04. The Morgan fingerprint density at radius 3 is 2.37 bits per heavy atom. The largest absolute Gasteiger partial charge is 0.306 e. The normalized spacial score (nSPS) is 20.3. The lowest BCUT2D eigenvalue weighted by atomic mass is 9.97. The van der Waals surface area contributed by atoms with Gasteiger partial charge in [0, 0.05) is 23.0 Å². The Labute approximate surface area is 122 Å². The van der Waals surface area contributed by atoms with Crippen LogP contribution in [0.1, 0.15) is 51.5 Å². The molecule has 0 aromatic carbocycles. The van der Waals surface area contributed by atoms with E-state index in [4.69, 9.17) is 0 Å². The molecule has 1 atom stereocenters. The molecule has 19 heavy (non-hydrogen) atoms. The monoisotopic (exact) mass is 280 g/mol. The zero-order chi connectivity index (χ0) is 13.8. The maximum atomic E-state index is 3.90. The summed E-state index contributed by atoms with van der Waals surface area (Å²) in [6, 6.07) is 6.34. The highest BCUT2D eigenvalue weighted by atomic mass is 32.1. The van der Waals surface area contributed by atoms with Crippen LogP contribution in [0.25, 0.3) is 0 Å². The molecular weight excluding hydrogens is 252 g/mol. The van der Waals surface area contributed by atoms with Gasteiger partial charge in [-0.3, -0.25) is 0 Å². The molecule has 0 saturated carbocycles. The molecule has 1 aromatic heterocycles. The smallest absolute Gasteiger partial charge is 0.0440 e. The Hall–Kier alpha value is -0.380. The molecule has 1 N–H and O–H groups in total. The lowest BCUT2D eigenvalue weighted by Gasteiger charge is -2.37. The van der Waals surface area contributed by atoms with Crippen molar-refractivity contribution in [3.8, 4) is 0 Å². The molecule has 1 fully saturated rings. The van der Waals surface area contributed by atoms with Crippen molar-refractivity contribution in [2.24, 2.45) is 5.92 Å². The number of rotatable bonds is 5. The van der Waals surface area contributed by atoms with Crippen molar-refractivity contribution >= 4 is 11.3 Å². The van der Waals surface area contributed by atoms with Gasteiger partial charge in [-0.2, -0.15) is 0 Å². The summed E-state index contributed by atoms with van der Waals surface area (Å²) in [4.78, 5) is 4.08. The topological polar surface area (TPSA) is 15.3 Å². The molecule has 0 aliphatic carbocycles. The van der Waals surface area contributed by atoms with E-state index in [-0.39, 0.29) is 0 Å². The van der Waals surface area contributed by atoms with Gasteiger partial charge in [0.1, 0.15) is 0 Å². The average Bonchev–Trinajstić information content (AvgIpc) is 2.89. The quantitative estimate of drug-likeness (QED) is 0.880. The molecule has 0 amide bonds. The van der Waals surface area contributed by atoms with Gasteiger partial charge in [-0.05, 0) is 57.1 Å². The third-order valence-electron chi connectivity index (χ3n) is 4.19. The van der Waals surface area contributed by atoms with Gasteiger partial charge in [-0.15, -0.1) is 11.3 Å². The Morgan fingerprint density at radius 2 is 1.89 bits per heavy atom. The second kappa shape index (κ2) is 6.87. The number of likely N-dealkylation sites (tertiary alicyclic amines) is 1. The standard InChI is InChI=1S/C16H28N2S/c1-12(2)16(15-6-5-11-19-15)17-14-7-9-18(10-8-14)13(3)4/h5-6,11-14,16-17H,7-10H2,1-4H3. The molecule has 1 unspecified atom stereocenters. The molecule has 0 spiro atoms. The van der Waals surface area contributed by atoms with Crippen LogP contribution in [0.5, 0.6) is 0 Å². The van der Waals surface area contributed by atoms with Gasteiger partial charge < -0.3 is 10.2 Å². The molecule has 1 aromatic rings. The van der Waals surface area contributed by atoms with Crippen LogP contribution < -0.4 is 5.32 Å². The van der Waals surface area contributed by atoms with Crippen LogP contribution in [0.4, 0.5) is 0 Å². The molecule has 1 aliphatic heterocycles. The van der Waals surface area contributed by atoms with Crippen LogP contribution in [0, 0.1) is 5.92 Å². The minimum atomic E-state index is 0.524. The molecule has 2 rings (SSSR count). The first kappa shape index (κ1) is 15.0. The van der Waals surface area contributed by atoms with Gasteiger partial charge in [0.25, 0.3) is 0 Å². The number of nitrogens with zero attached hydrogens (tertiary/aromatic N) is 1. The van der Waals surface area contributed by atoms with Crippen molar-refractivity contribution in [2.75, 3.05) is 13.1 Å². The molecule has 1 aliphatic rings. The van der Waals surface area contributed by atoms with E-state index in [0.717, 1.165) is 0 Å². The van der Waals surface area contributed by atoms with Gasteiger partial charge in [-0.25, -0.2) is 0 Å². The van der Waals surface area contributed by atoms with E-state index in [2.05, 4.69) is 55.4 Å². The van der Waals surface area contributed by atoms with E-state index in [9.17, 15) is 0 Å². The predicted molar refractivity (Wildman–Crippen MR) is 84.8 cm³/mol. The maximum absolute atomic E-state index is 3.90. The lowest BCUT2D eigenvalue weighted by molar-refractivity contribution is 0.152. The summed E-state index contributed by atoms with van der Waals surface area (Å²) in [5.41, 5.74) is 0. The molecule has 3 heteroatoms. The maximum Gasteiger partial charge on any atom is 0.0440 e. The van der Waals surface area contributed by atoms with E-state index >= 15 is 0 Å². The number of piperidine rings is 1. The van der Waals surface area contributed by atoms with Gasteiger partial charge >= 0.3 is 0 Å². The number of nitrogens with one attached hydrogen (secondary N) is 1. The van der Waals surface area contributed by atoms with Crippen molar-refractivity contribution in [1.29, 1.82) is 0 Å². The summed E-state index contributed by atoms with van der Waals surface area (Å²) >= 11 is 1.88. The summed E-state index contributed by atoms with van der Waals surface area (Å²) in [7, 11) is 0. The highest BCUT2D eigenvalue weighted by Crippen LogP contribution is 2.27.